The van der Waals surface area contributed by atoms with Crippen LogP contribution in [0.3, 0.4) is 0 Å². The Kier molecular flexibility index (Phi) is 9.30. The number of halogens is 3. The van der Waals surface area contributed by atoms with E-state index in [1.54, 1.807) is 25.1 Å². The SMILES string of the molecule is CCOC(=O)CC(CCc1ccc(OCCN2C(=O)CCC2=O)c(Cl)c1)c1ccc(Cl)c(F)c1. The van der Waals surface area contributed by atoms with Crippen molar-refractivity contribution in [2.24, 2.45) is 0 Å². The number of ether oxygens (including phenoxy) is 2. The molecule has 182 valence electrons. The van der Waals surface area contributed by atoms with Crippen molar-refractivity contribution in [3.63, 3.8) is 0 Å². The van der Waals surface area contributed by atoms with E-state index >= 15 is 0 Å². The predicted molar refractivity (Wildman–Crippen MR) is 127 cm³/mol. The van der Waals surface area contributed by atoms with Gasteiger partial charge in [-0.05, 0) is 61.1 Å². The number of benzene rings is 2. The Balaban J connectivity index is 1.61. The number of likely N-dealkylation sites (tertiary alicyclic amines) is 1. The summed E-state index contributed by atoms with van der Waals surface area (Å²) >= 11 is 12.2. The number of amides is 2. The summed E-state index contributed by atoms with van der Waals surface area (Å²) in [5.41, 5.74) is 1.59. The summed E-state index contributed by atoms with van der Waals surface area (Å²) in [4.78, 5) is 36.6. The minimum atomic E-state index is -0.532. The van der Waals surface area contributed by atoms with Crippen LogP contribution in [0.25, 0.3) is 0 Å². The molecule has 34 heavy (non-hydrogen) atoms. The fourth-order valence-corrected chi connectivity index (χ4v) is 4.23. The van der Waals surface area contributed by atoms with Crippen molar-refractivity contribution in [3.8, 4) is 5.75 Å². The van der Waals surface area contributed by atoms with E-state index in [2.05, 4.69) is 0 Å². The predicted octanol–water partition coefficient (Wildman–Crippen LogP) is 5.33. The maximum Gasteiger partial charge on any atom is 0.306 e. The third kappa shape index (κ3) is 6.93. The van der Waals surface area contributed by atoms with Gasteiger partial charge >= 0.3 is 5.97 Å². The van der Waals surface area contributed by atoms with Crippen LogP contribution in [0.15, 0.2) is 36.4 Å². The zero-order valence-electron chi connectivity index (χ0n) is 18.8. The molecule has 9 heteroatoms. The van der Waals surface area contributed by atoms with E-state index in [1.807, 2.05) is 6.07 Å². The van der Waals surface area contributed by atoms with Gasteiger partial charge in [-0.2, -0.15) is 0 Å². The highest BCUT2D eigenvalue weighted by molar-refractivity contribution is 6.32. The summed E-state index contributed by atoms with van der Waals surface area (Å²) in [6, 6.07) is 9.91. The molecule has 1 saturated heterocycles. The molecule has 1 unspecified atom stereocenters. The number of hydrogen-bond acceptors (Lipinski definition) is 5. The molecule has 1 aliphatic heterocycles. The van der Waals surface area contributed by atoms with Crippen molar-refractivity contribution >= 4 is 41.0 Å². The summed E-state index contributed by atoms with van der Waals surface area (Å²) < 4.78 is 24.7. The van der Waals surface area contributed by atoms with Gasteiger partial charge in [0, 0.05) is 12.8 Å². The van der Waals surface area contributed by atoms with E-state index in [-0.39, 0.29) is 67.7 Å². The van der Waals surface area contributed by atoms with Crippen molar-refractivity contribution < 1.29 is 28.2 Å². The summed E-state index contributed by atoms with van der Waals surface area (Å²) in [7, 11) is 0. The van der Waals surface area contributed by atoms with Gasteiger partial charge in [0.2, 0.25) is 11.8 Å². The molecule has 0 N–H and O–H groups in total. The molecule has 3 rings (SSSR count). The third-order valence-electron chi connectivity index (χ3n) is 5.64. The van der Waals surface area contributed by atoms with Crippen LogP contribution in [0.2, 0.25) is 10.0 Å². The van der Waals surface area contributed by atoms with Crippen molar-refractivity contribution in [2.75, 3.05) is 19.8 Å². The summed E-state index contributed by atoms with van der Waals surface area (Å²) in [6.45, 7) is 2.35. The number of aryl methyl sites for hydroxylation is 1. The standard InChI is InChI=1S/C25H26Cl2FNO5/c1-2-33-25(32)15-18(17-6-7-19(26)21(28)14-17)5-3-16-4-8-22(20(27)13-16)34-12-11-29-23(30)9-10-24(29)31/h4,6-8,13-14,18H,2-3,5,9-12,15H2,1H3. The van der Waals surface area contributed by atoms with Crippen LogP contribution in [-0.2, 0) is 25.5 Å². The number of rotatable bonds is 11. The lowest BCUT2D eigenvalue weighted by molar-refractivity contribution is -0.143. The molecule has 0 spiro atoms. The van der Waals surface area contributed by atoms with E-state index in [1.165, 1.54) is 17.0 Å². The van der Waals surface area contributed by atoms with Gasteiger partial charge in [-0.1, -0.05) is 35.3 Å². The highest BCUT2D eigenvalue weighted by Crippen LogP contribution is 2.31. The Hall–Kier alpha value is -2.64. The minimum Gasteiger partial charge on any atom is -0.490 e. The number of carbonyl (C=O) groups excluding carboxylic acids is 3. The second-order valence-electron chi connectivity index (χ2n) is 7.97. The number of esters is 1. The summed E-state index contributed by atoms with van der Waals surface area (Å²) in [6.07, 6.45) is 1.76. The monoisotopic (exact) mass is 509 g/mol. The molecule has 1 aliphatic rings. The van der Waals surface area contributed by atoms with Crippen LogP contribution >= 0.6 is 23.2 Å². The van der Waals surface area contributed by atoms with Crippen LogP contribution < -0.4 is 4.74 Å². The maximum absolute atomic E-state index is 14.0. The van der Waals surface area contributed by atoms with Gasteiger partial charge in [0.1, 0.15) is 18.2 Å². The molecule has 0 saturated carbocycles. The number of hydrogen-bond donors (Lipinski definition) is 0. The number of imide groups is 1. The fourth-order valence-electron chi connectivity index (χ4n) is 3.85. The third-order valence-corrected chi connectivity index (χ3v) is 6.24. The van der Waals surface area contributed by atoms with Gasteiger partial charge in [0.05, 0.1) is 29.6 Å². The highest BCUT2D eigenvalue weighted by atomic mass is 35.5. The number of nitrogens with zero attached hydrogens (tertiary/aromatic N) is 1. The first-order valence-corrected chi connectivity index (χ1v) is 11.9. The van der Waals surface area contributed by atoms with Gasteiger partial charge in [0.15, 0.2) is 0 Å². The van der Waals surface area contributed by atoms with Crippen molar-refractivity contribution in [3.05, 3.63) is 63.4 Å². The molecule has 1 atom stereocenters. The molecule has 2 amide bonds. The molecule has 6 nitrogen and oxygen atoms in total. The van der Waals surface area contributed by atoms with E-state index in [0.29, 0.717) is 29.2 Å². The molecule has 0 aromatic heterocycles. The van der Waals surface area contributed by atoms with Gasteiger partial charge in [0.25, 0.3) is 0 Å². The van der Waals surface area contributed by atoms with Crippen LogP contribution in [0.1, 0.15) is 49.7 Å². The van der Waals surface area contributed by atoms with E-state index in [9.17, 15) is 18.8 Å². The topological polar surface area (TPSA) is 72.9 Å². The average molecular weight is 510 g/mol. The average Bonchev–Trinajstić information content (AvgIpc) is 3.12. The van der Waals surface area contributed by atoms with Crippen molar-refractivity contribution in [2.45, 2.75) is 44.9 Å². The zero-order valence-corrected chi connectivity index (χ0v) is 20.3. The molecule has 1 heterocycles. The Bertz CT molecular complexity index is 1050. The maximum atomic E-state index is 14.0. The normalized spacial score (nSPS) is 14.4. The molecule has 2 aromatic rings. The molecule has 0 bridgehead atoms. The molecule has 1 fully saturated rings. The van der Waals surface area contributed by atoms with Crippen LogP contribution in [0, 0.1) is 5.82 Å². The van der Waals surface area contributed by atoms with Crippen LogP contribution in [-0.4, -0.2) is 42.4 Å². The van der Waals surface area contributed by atoms with Crippen LogP contribution in [0.4, 0.5) is 4.39 Å². The first-order valence-electron chi connectivity index (χ1n) is 11.1. The first kappa shape index (κ1) is 26.0. The van der Waals surface area contributed by atoms with Crippen molar-refractivity contribution in [1.29, 1.82) is 0 Å². The second kappa shape index (κ2) is 12.2. The highest BCUT2D eigenvalue weighted by Gasteiger charge is 2.28. The Morgan fingerprint density at radius 1 is 1.09 bits per heavy atom. The Morgan fingerprint density at radius 3 is 2.47 bits per heavy atom. The minimum absolute atomic E-state index is 0.0273. The molecule has 2 aromatic carbocycles. The lowest BCUT2D eigenvalue weighted by Gasteiger charge is -2.18. The lowest BCUT2D eigenvalue weighted by atomic mass is 9.89. The van der Waals surface area contributed by atoms with Crippen LogP contribution in [0.5, 0.6) is 5.75 Å². The fraction of sp³-hybridized carbons (Fsp3) is 0.400. The van der Waals surface area contributed by atoms with Gasteiger partial charge < -0.3 is 9.47 Å². The quantitative estimate of drug-likeness (QED) is 0.302. The molecular weight excluding hydrogens is 484 g/mol. The molecule has 0 radical (unpaired) electrons. The van der Waals surface area contributed by atoms with Crippen molar-refractivity contribution in [1.82, 2.24) is 4.90 Å². The van der Waals surface area contributed by atoms with E-state index in [0.717, 1.165) is 5.56 Å². The Morgan fingerprint density at radius 2 is 1.82 bits per heavy atom. The summed E-state index contributed by atoms with van der Waals surface area (Å²) in [5.74, 6) is -1.06. The van der Waals surface area contributed by atoms with Gasteiger partial charge in [-0.25, -0.2) is 4.39 Å². The first-order chi connectivity index (χ1) is 16.3. The molecule has 0 aliphatic carbocycles. The van der Waals surface area contributed by atoms with Gasteiger partial charge in [-0.15, -0.1) is 0 Å². The zero-order chi connectivity index (χ0) is 24.7. The second-order valence-corrected chi connectivity index (χ2v) is 8.79. The molecular formula is C25H26Cl2FNO5. The number of carbonyl (C=O) groups is 3. The van der Waals surface area contributed by atoms with E-state index in [4.69, 9.17) is 32.7 Å². The van der Waals surface area contributed by atoms with E-state index < -0.39 is 5.82 Å². The lowest BCUT2D eigenvalue weighted by Crippen LogP contribution is -2.33. The smallest absolute Gasteiger partial charge is 0.306 e. The van der Waals surface area contributed by atoms with Gasteiger partial charge in [-0.3, -0.25) is 19.3 Å². The summed E-state index contributed by atoms with van der Waals surface area (Å²) in [5, 5.41) is 0.426. The largest absolute Gasteiger partial charge is 0.490 e. The Labute approximate surface area is 207 Å².